The van der Waals surface area contributed by atoms with E-state index in [4.69, 9.17) is 5.73 Å². The van der Waals surface area contributed by atoms with Crippen LogP contribution in [0.4, 0.5) is 5.69 Å². The van der Waals surface area contributed by atoms with Crippen molar-refractivity contribution in [3.05, 3.63) is 11.4 Å². The number of carbonyl (C=O) groups excluding carboxylic acids is 2. The van der Waals surface area contributed by atoms with Crippen molar-refractivity contribution in [1.82, 2.24) is 19.6 Å². The van der Waals surface area contributed by atoms with Crippen molar-refractivity contribution in [1.29, 1.82) is 0 Å². The summed E-state index contributed by atoms with van der Waals surface area (Å²) in [5, 5.41) is 4.29. The van der Waals surface area contributed by atoms with Crippen LogP contribution in [0.5, 0.6) is 0 Å². The summed E-state index contributed by atoms with van der Waals surface area (Å²) >= 11 is 0. The molecule has 1 aromatic rings. The average Bonchev–Trinajstić information content (AvgIpc) is 2.65. The summed E-state index contributed by atoms with van der Waals surface area (Å²) in [7, 11) is 0. The third-order valence-corrected chi connectivity index (χ3v) is 3.90. The maximum atomic E-state index is 12.7. The third-order valence-electron chi connectivity index (χ3n) is 3.90. The van der Waals surface area contributed by atoms with Crippen molar-refractivity contribution in [2.75, 3.05) is 31.9 Å². The Bertz CT molecular complexity index is 552. The Morgan fingerprint density at radius 1 is 1.19 bits per heavy atom. The fraction of sp³-hybridized carbons (Fsp3) is 0.643. The molecule has 116 valence electrons. The molecular formula is C14H23N5O2. The Balaban J connectivity index is 2.19. The smallest absolute Gasteiger partial charge is 0.274 e. The molecule has 1 fully saturated rings. The Kier molecular flexibility index (Phi) is 4.50. The highest BCUT2D eigenvalue weighted by atomic mass is 16.2. The van der Waals surface area contributed by atoms with Crippen LogP contribution in [0.3, 0.4) is 0 Å². The van der Waals surface area contributed by atoms with E-state index in [2.05, 4.69) is 5.10 Å². The summed E-state index contributed by atoms with van der Waals surface area (Å²) in [5.74, 6) is -0.0430. The van der Waals surface area contributed by atoms with E-state index in [0.29, 0.717) is 49.8 Å². The van der Waals surface area contributed by atoms with Crippen molar-refractivity contribution in [3.63, 3.8) is 0 Å². The zero-order chi connectivity index (χ0) is 15.6. The van der Waals surface area contributed by atoms with Gasteiger partial charge < -0.3 is 15.5 Å². The molecule has 0 unspecified atom stereocenters. The van der Waals surface area contributed by atoms with Gasteiger partial charge in [0.1, 0.15) is 5.69 Å². The topological polar surface area (TPSA) is 84.5 Å². The second-order valence-corrected chi connectivity index (χ2v) is 5.32. The molecule has 0 radical (unpaired) electrons. The Morgan fingerprint density at radius 3 is 2.43 bits per heavy atom. The van der Waals surface area contributed by atoms with E-state index in [9.17, 15) is 9.59 Å². The highest BCUT2D eigenvalue weighted by Gasteiger charge is 2.26. The normalized spacial score (nSPS) is 16.0. The van der Waals surface area contributed by atoms with Crippen molar-refractivity contribution < 1.29 is 9.59 Å². The van der Waals surface area contributed by atoms with E-state index in [-0.39, 0.29) is 11.8 Å². The maximum absolute atomic E-state index is 12.7. The number of hydrogen-bond donors (Lipinski definition) is 1. The molecule has 2 N–H and O–H groups in total. The Hall–Kier alpha value is -2.05. The van der Waals surface area contributed by atoms with E-state index in [1.54, 1.807) is 28.3 Å². The van der Waals surface area contributed by atoms with Crippen LogP contribution < -0.4 is 5.73 Å². The first-order valence-corrected chi connectivity index (χ1v) is 7.33. The fourth-order valence-corrected chi connectivity index (χ4v) is 2.63. The summed E-state index contributed by atoms with van der Waals surface area (Å²) in [4.78, 5) is 27.7. The molecule has 0 bridgehead atoms. The molecule has 1 aliphatic rings. The van der Waals surface area contributed by atoms with Gasteiger partial charge in [-0.2, -0.15) is 5.10 Å². The first kappa shape index (κ1) is 15.3. The standard InChI is InChI=1S/C14H23N5O2/c1-4-19-13(12(15)10(2)16-19)14(21)18-7-5-6-17(8-9-18)11(3)20/h4-9,15H2,1-3H3. The van der Waals surface area contributed by atoms with Crippen LogP contribution in [0.1, 0.15) is 36.5 Å². The molecular weight excluding hydrogens is 270 g/mol. The SMILES string of the molecule is CCn1nc(C)c(N)c1C(=O)N1CCCN(C(C)=O)CC1. The summed E-state index contributed by atoms with van der Waals surface area (Å²) < 4.78 is 1.65. The minimum atomic E-state index is -0.0969. The van der Waals surface area contributed by atoms with E-state index >= 15 is 0 Å². The maximum Gasteiger partial charge on any atom is 0.274 e. The quantitative estimate of drug-likeness (QED) is 0.860. The molecule has 21 heavy (non-hydrogen) atoms. The lowest BCUT2D eigenvalue weighted by Crippen LogP contribution is -2.37. The number of rotatable bonds is 2. The van der Waals surface area contributed by atoms with Gasteiger partial charge in [0.05, 0.1) is 11.4 Å². The van der Waals surface area contributed by atoms with Gasteiger partial charge in [0.25, 0.3) is 5.91 Å². The molecule has 1 aliphatic heterocycles. The number of nitrogen functional groups attached to an aromatic ring is 1. The predicted octanol–water partition coefficient (Wildman–Crippen LogP) is 0.488. The van der Waals surface area contributed by atoms with Gasteiger partial charge in [0.2, 0.25) is 5.91 Å². The first-order chi connectivity index (χ1) is 9.95. The lowest BCUT2D eigenvalue weighted by molar-refractivity contribution is -0.128. The number of aryl methyl sites for hydroxylation is 2. The van der Waals surface area contributed by atoms with Gasteiger partial charge in [-0.25, -0.2) is 0 Å². The fourth-order valence-electron chi connectivity index (χ4n) is 2.63. The molecule has 0 aliphatic carbocycles. The van der Waals surface area contributed by atoms with Crippen LogP contribution in [0.15, 0.2) is 0 Å². The monoisotopic (exact) mass is 293 g/mol. The largest absolute Gasteiger partial charge is 0.395 e. The number of hydrogen-bond acceptors (Lipinski definition) is 4. The highest BCUT2D eigenvalue weighted by Crippen LogP contribution is 2.19. The number of amides is 2. The van der Waals surface area contributed by atoms with Crippen molar-refractivity contribution in [2.24, 2.45) is 0 Å². The van der Waals surface area contributed by atoms with Crippen LogP contribution >= 0.6 is 0 Å². The molecule has 2 heterocycles. The lowest BCUT2D eigenvalue weighted by Gasteiger charge is -2.21. The van der Waals surface area contributed by atoms with Gasteiger partial charge in [-0.1, -0.05) is 0 Å². The van der Waals surface area contributed by atoms with Crippen LogP contribution in [0.25, 0.3) is 0 Å². The molecule has 7 heteroatoms. The Morgan fingerprint density at radius 2 is 1.81 bits per heavy atom. The molecule has 1 saturated heterocycles. The second kappa shape index (κ2) is 6.15. The molecule has 2 rings (SSSR count). The van der Waals surface area contributed by atoms with E-state index in [1.807, 2.05) is 6.92 Å². The van der Waals surface area contributed by atoms with Gasteiger partial charge in [0.15, 0.2) is 0 Å². The van der Waals surface area contributed by atoms with Crippen LogP contribution in [-0.2, 0) is 11.3 Å². The predicted molar refractivity (Wildman–Crippen MR) is 79.8 cm³/mol. The molecule has 0 saturated carbocycles. The highest BCUT2D eigenvalue weighted by molar-refractivity contribution is 5.98. The number of anilines is 1. The number of nitrogens with zero attached hydrogens (tertiary/aromatic N) is 4. The van der Waals surface area contributed by atoms with Crippen LogP contribution in [0, 0.1) is 6.92 Å². The summed E-state index contributed by atoms with van der Waals surface area (Å²) in [5.41, 5.74) is 7.60. The zero-order valence-electron chi connectivity index (χ0n) is 12.9. The molecule has 7 nitrogen and oxygen atoms in total. The van der Waals surface area contributed by atoms with Gasteiger partial charge in [-0.05, 0) is 20.3 Å². The Labute approximate surface area is 124 Å². The number of aromatic nitrogens is 2. The van der Waals surface area contributed by atoms with Crippen LogP contribution in [0.2, 0.25) is 0 Å². The molecule has 2 amide bonds. The van der Waals surface area contributed by atoms with Crippen LogP contribution in [-0.4, -0.2) is 57.6 Å². The molecule has 0 aromatic carbocycles. The summed E-state index contributed by atoms with van der Waals surface area (Å²) in [6.45, 7) is 8.33. The van der Waals surface area contributed by atoms with E-state index in [1.165, 1.54) is 0 Å². The van der Waals surface area contributed by atoms with Gasteiger partial charge in [-0.15, -0.1) is 0 Å². The van der Waals surface area contributed by atoms with Crippen molar-refractivity contribution in [2.45, 2.75) is 33.7 Å². The second-order valence-electron chi connectivity index (χ2n) is 5.32. The number of nitrogens with two attached hydrogens (primary N) is 1. The average molecular weight is 293 g/mol. The molecule has 1 aromatic heterocycles. The first-order valence-electron chi connectivity index (χ1n) is 7.33. The zero-order valence-corrected chi connectivity index (χ0v) is 12.9. The third kappa shape index (κ3) is 3.01. The lowest BCUT2D eigenvalue weighted by atomic mass is 10.2. The minimum Gasteiger partial charge on any atom is -0.395 e. The van der Waals surface area contributed by atoms with Gasteiger partial charge in [0, 0.05) is 39.6 Å². The molecule has 0 spiro atoms. The van der Waals surface area contributed by atoms with Crippen molar-refractivity contribution in [3.8, 4) is 0 Å². The molecule has 0 atom stereocenters. The summed E-state index contributed by atoms with van der Waals surface area (Å²) in [6, 6.07) is 0. The van der Waals surface area contributed by atoms with Crippen molar-refractivity contribution >= 4 is 17.5 Å². The van der Waals surface area contributed by atoms with E-state index < -0.39 is 0 Å². The number of carbonyl (C=O) groups is 2. The minimum absolute atomic E-state index is 0.0539. The van der Waals surface area contributed by atoms with E-state index in [0.717, 1.165) is 6.42 Å². The van der Waals surface area contributed by atoms with Gasteiger partial charge in [-0.3, -0.25) is 14.3 Å². The van der Waals surface area contributed by atoms with Gasteiger partial charge >= 0.3 is 0 Å². The summed E-state index contributed by atoms with van der Waals surface area (Å²) in [6.07, 6.45) is 0.782.